The predicted octanol–water partition coefficient (Wildman–Crippen LogP) is 1.23. The third-order valence-electron chi connectivity index (χ3n) is 5.19. The molecule has 0 bridgehead atoms. The van der Waals surface area contributed by atoms with E-state index in [1.54, 1.807) is 11.6 Å². The van der Waals surface area contributed by atoms with Crippen LogP contribution in [0.25, 0.3) is 0 Å². The van der Waals surface area contributed by atoms with E-state index in [0.29, 0.717) is 41.9 Å². The normalized spacial score (nSPS) is 21.2. The molecule has 2 aliphatic rings. The number of aromatic nitrogens is 1. The van der Waals surface area contributed by atoms with E-state index in [1.807, 2.05) is 0 Å². The summed E-state index contributed by atoms with van der Waals surface area (Å²) in [7, 11) is 0. The van der Waals surface area contributed by atoms with Crippen LogP contribution in [0.5, 0.6) is 0 Å². The quantitative estimate of drug-likeness (QED) is 0.346. The second-order valence-electron chi connectivity index (χ2n) is 7.06. The number of hydrogen-bond donors (Lipinski definition) is 3. The Morgan fingerprint density at radius 1 is 1.44 bits per heavy atom. The number of thiazole rings is 1. The first kappa shape index (κ1) is 19.7. The van der Waals surface area contributed by atoms with Gasteiger partial charge in [0.15, 0.2) is 5.13 Å². The molecule has 3 N–H and O–H groups in total. The summed E-state index contributed by atoms with van der Waals surface area (Å²) in [5.74, 6) is -0.702. The Kier molecular flexibility index (Phi) is 6.75. The van der Waals surface area contributed by atoms with Gasteiger partial charge in [-0.05, 0) is 18.8 Å². The Bertz CT molecular complexity index is 650. The minimum Gasteiger partial charge on any atom is -0.300 e. The van der Waals surface area contributed by atoms with Crippen molar-refractivity contribution < 1.29 is 19.6 Å². The second kappa shape index (κ2) is 9.25. The van der Waals surface area contributed by atoms with Crippen LogP contribution in [-0.4, -0.2) is 57.6 Å². The first-order valence-corrected chi connectivity index (χ1v) is 10.1. The molecular weight excluding hydrogens is 370 g/mol. The van der Waals surface area contributed by atoms with Gasteiger partial charge in [-0.15, -0.1) is 11.3 Å². The summed E-state index contributed by atoms with van der Waals surface area (Å²) in [6.45, 7) is 0.437. The van der Waals surface area contributed by atoms with Crippen LogP contribution in [0.3, 0.4) is 0 Å². The number of rotatable bonds is 8. The highest BCUT2D eigenvalue weighted by atomic mass is 32.1. The van der Waals surface area contributed by atoms with Gasteiger partial charge in [0.2, 0.25) is 12.3 Å². The number of amides is 3. The van der Waals surface area contributed by atoms with Crippen LogP contribution in [0, 0.1) is 11.8 Å². The Morgan fingerprint density at radius 3 is 2.89 bits per heavy atom. The largest absolute Gasteiger partial charge is 0.300 e. The number of nitrogens with zero attached hydrogens (tertiary/aromatic N) is 3. The minimum absolute atomic E-state index is 0.0716. The van der Waals surface area contributed by atoms with Gasteiger partial charge in [-0.2, -0.15) is 0 Å². The summed E-state index contributed by atoms with van der Waals surface area (Å²) >= 11 is 1.31. The van der Waals surface area contributed by atoms with E-state index < -0.39 is 12.0 Å². The maximum Gasteiger partial charge on any atom is 0.250 e. The first-order valence-electron chi connectivity index (χ1n) is 9.26. The fourth-order valence-corrected chi connectivity index (χ4v) is 4.41. The van der Waals surface area contributed by atoms with Crippen LogP contribution in [0.2, 0.25) is 0 Å². The van der Waals surface area contributed by atoms with Crippen LogP contribution in [0.1, 0.15) is 38.5 Å². The number of hydroxylamine groups is 2. The van der Waals surface area contributed by atoms with Gasteiger partial charge in [-0.25, -0.2) is 15.5 Å². The van der Waals surface area contributed by atoms with Crippen LogP contribution < -0.4 is 10.7 Å². The minimum atomic E-state index is -0.643. The fraction of sp³-hybridized carbons (Fsp3) is 0.647. The lowest BCUT2D eigenvalue weighted by atomic mass is 9.92. The number of hydrazine groups is 1. The molecule has 1 saturated heterocycles. The molecule has 27 heavy (non-hydrogen) atoms. The molecule has 1 aromatic heterocycles. The van der Waals surface area contributed by atoms with Crippen molar-refractivity contribution in [1.29, 1.82) is 0 Å². The van der Waals surface area contributed by atoms with E-state index in [1.165, 1.54) is 16.3 Å². The summed E-state index contributed by atoms with van der Waals surface area (Å²) in [5.41, 5.74) is 2.98. The lowest BCUT2D eigenvalue weighted by Gasteiger charge is -2.29. The molecule has 0 unspecified atom stereocenters. The Balaban J connectivity index is 1.68. The summed E-state index contributed by atoms with van der Waals surface area (Å²) in [5, 5.41) is 16.5. The zero-order valence-corrected chi connectivity index (χ0v) is 15.9. The molecule has 3 amide bonds. The number of hydrogen-bond acceptors (Lipinski definition) is 7. The van der Waals surface area contributed by atoms with Gasteiger partial charge in [0, 0.05) is 18.1 Å². The third-order valence-corrected chi connectivity index (χ3v) is 5.87. The molecule has 9 nitrogen and oxygen atoms in total. The van der Waals surface area contributed by atoms with Gasteiger partial charge in [-0.3, -0.25) is 24.6 Å². The number of carbonyl (C=O) groups excluding carboxylic acids is 3. The zero-order chi connectivity index (χ0) is 19.2. The maximum atomic E-state index is 13.1. The molecule has 2 fully saturated rings. The van der Waals surface area contributed by atoms with Crippen LogP contribution >= 0.6 is 11.3 Å². The van der Waals surface area contributed by atoms with Gasteiger partial charge in [-0.1, -0.05) is 25.7 Å². The maximum absolute atomic E-state index is 13.1. The molecule has 3 rings (SSSR count). The van der Waals surface area contributed by atoms with Crippen molar-refractivity contribution in [2.45, 2.75) is 44.6 Å². The van der Waals surface area contributed by atoms with Crippen molar-refractivity contribution in [2.75, 3.05) is 18.4 Å². The van der Waals surface area contributed by atoms with E-state index in [9.17, 15) is 19.6 Å². The van der Waals surface area contributed by atoms with Gasteiger partial charge in [0.05, 0.1) is 12.5 Å². The van der Waals surface area contributed by atoms with Crippen LogP contribution in [0.15, 0.2) is 11.6 Å². The lowest BCUT2D eigenvalue weighted by Crippen LogP contribution is -2.51. The second-order valence-corrected chi connectivity index (χ2v) is 7.95. The van der Waals surface area contributed by atoms with Crippen molar-refractivity contribution in [3.05, 3.63) is 11.6 Å². The number of nitrogens with one attached hydrogen (secondary N) is 2. The highest BCUT2D eigenvalue weighted by molar-refractivity contribution is 7.13. The molecule has 148 valence electrons. The monoisotopic (exact) mass is 395 g/mol. The molecule has 1 aliphatic carbocycles. The Hall–Kier alpha value is -2.04. The molecule has 1 aromatic rings. The SMILES string of the molecule is O=CN(O)C[C@@H](CC1CCCC1)C(=O)N1NCC[C@H]1C(=O)Nc1nccs1. The van der Waals surface area contributed by atoms with Crippen molar-refractivity contribution >= 4 is 34.7 Å². The molecular formula is C17H25N5O4S. The van der Waals surface area contributed by atoms with Crippen LogP contribution in [0.4, 0.5) is 5.13 Å². The molecule has 0 aromatic carbocycles. The lowest BCUT2D eigenvalue weighted by molar-refractivity contribution is -0.159. The first-order chi connectivity index (χ1) is 13.1. The average Bonchev–Trinajstić information content (AvgIpc) is 3.42. The summed E-state index contributed by atoms with van der Waals surface area (Å²) < 4.78 is 0. The van der Waals surface area contributed by atoms with E-state index in [2.05, 4.69) is 15.7 Å². The zero-order valence-electron chi connectivity index (χ0n) is 15.0. The Labute approximate surface area is 161 Å². The predicted molar refractivity (Wildman–Crippen MR) is 98.6 cm³/mol. The number of carbonyl (C=O) groups is 3. The molecule has 2 heterocycles. The van der Waals surface area contributed by atoms with Gasteiger partial charge in [0.25, 0.3) is 5.91 Å². The summed E-state index contributed by atoms with van der Waals surface area (Å²) in [4.78, 5) is 40.6. The molecule has 10 heteroatoms. The number of anilines is 1. The van der Waals surface area contributed by atoms with E-state index in [-0.39, 0.29) is 18.4 Å². The van der Waals surface area contributed by atoms with Crippen molar-refractivity contribution in [3.8, 4) is 0 Å². The van der Waals surface area contributed by atoms with Gasteiger partial charge >= 0.3 is 0 Å². The highest BCUT2D eigenvalue weighted by Gasteiger charge is 2.39. The average molecular weight is 395 g/mol. The van der Waals surface area contributed by atoms with E-state index in [0.717, 1.165) is 25.7 Å². The van der Waals surface area contributed by atoms with Gasteiger partial charge < -0.3 is 5.32 Å². The molecule has 1 aliphatic heterocycles. The molecule has 2 atom stereocenters. The van der Waals surface area contributed by atoms with Crippen molar-refractivity contribution in [3.63, 3.8) is 0 Å². The molecule has 0 spiro atoms. The smallest absolute Gasteiger partial charge is 0.250 e. The standard InChI is InChI=1S/C17H25N5O4S/c23-11-21(26)10-13(9-12-3-1-2-4-12)16(25)22-14(5-6-19-22)15(24)20-17-18-7-8-27-17/h7-8,11-14,19,26H,1-6,9-10H2,(H,18,20,24)/t13-,14+/m1/s1. The van der Waals surface area contributed by atoms with Crippen molar-refractivity contribution in [2.24, 2.45) is 11.8 Å². The highest BCUT2D eigenvalue weighted by Crippen LogP contribution is 2.31. The third kappa shape index (κ3) is 5.02. The van der Waals surface area contributed by atoms with Crippen LogP contribution in [-0.2, 0) is 14.4 Å². The summed E-state index contributed by atoms with van der Waals surface area (Å²) in [6, 6.07) is -0.643. The van der Waals surface area contributed by atoms with E-state index >= 15 is 0 Å². The van der Waals surface area contributed by atoms with Crippen molar-refractivity contribution in [1.82, 2.24) is 20.5 Å². The Morgan fingerprint density at radius 2 is 2.22 bits per heavy atom. The molecule has 0 radical (unpaired) electrons. The summed E-state index contributed by atoms with van der Waals surface area (Å²) in [6.07, 6.45) is 7.39. The molecule has 1 saturated carbocycles. The fourth-order valence-electron chi connectivity index (χ4n) is 3.88. The topological polar surface area (TPSA) is 115 Å². The van der Waals surface area contributed by atoms with Gasteiger partial charge in [0.1, 0.15) is 6.04 Å². The van der Waals surface area contributed by atoms with E-state index in [4.69, 9.17) is 0 Å².